The summed E-state index contributed by atoms with van der Waals surface area (Å²) in [5.74, 6) is -0.807. The molecule has 0 aliphatic carbocycles. The number of non-ortho nitro benzene ring substituents is 1. The van der Waals surface area contributed by atoms with Crippen LogP contribution in [0.15, 0.2) is 51.1 Å². The van der Waals surface area contributed by atoms with Crippen molar-refractivity contribution in [3.8, 4) is 11.8 Å². The molecule has 0 radical (unpaired) electrons. The van der Waals surface area contributed by atoms with Crippen molar-refractivity contribution in [3.63, 3.8) is 0 Å². The van der Waals surface area contributed by atoms with Gasteiger partial charge in [0.05, 0.1) is 27.8 Å². The number of nitro groups is 1. The quantitative estimate of drug-likeness (QED) is 0.417. The molecule has 0 saturated carbocycles. The Bertz CT molecular complexity index is 1600. The molecule has 2 aromatic carbocycles. The zero-order valence-corrected chi connectivity index (χ0v) is 19.0. The van der Waals surface area contributed by atoms with Crippen molar-refractivity contribution in [3.05, 3.63) is 68.0 Å². The number of nitriles is 1. The molecule has 0 unspecified atom stereocenters. The van der Waals surface area contributed by atoms with Gasteiger partial charge in [0.15, 0.2) is 5.84 Å². The molecule has 0 amide bonds. The van der Waals surface area contributed by atoms with E-state index >= 15 is 0 Å². The number of aryl methyl sites for hydroxylation is 1. The smallest absolute Gasteiger partial charge is 0.270 e. The molecular formula is C22H19N5O6S. The molecule has 0 saturated heterocycles. The molecular weight excluding hydrogens is 462 g/mol. The number of aromatic nitrogens is 1. The first-order chi connectivity index (χ1) is 16.0. The molecule has 1 aliphatic rings. The monoisotopic (exact) mass is 481 g/mol. The van der Waals surface area contributed by atoms with Crippen molar-refractivity contribution < 1.29 is 18.4 Å². The first-order valence-corrected chi connectivity index (χ1v) is 11.7. The van der Waals surface area contributed by atoms with E-state index in [1.54, 1.807) is 0 Å². The Morgan fingerprint density at radius 2 is 2.00 bits per heavy atom. The summed E-state index contributed by atoms with van der Waals surface area (Å²) < 4.78 is 29.3. The average molecular weight is 481 g/mol. The fourth-order valence-electron chi connectivity index (χ4n) is 3.69. The Hall–Kier alpha value is -4.24. The number of fused-ring (bicyclic) bond motifs is 2. The number of rotatable bonds is 5. The normalized spacial score (nSPS) is 14.2. The van der Waals surface area contributed by atoms with Gasteiger partial charge >= 0.3 is 0 Å². The van der Waals surface area contributed by atoms with Gasteiger partial charge in [-0.25, -0.2) is 13.4 Å². The Labute approximate surface area is 193 Å². The largest absolute Gasteiger partial charge is 0.506 e. The molecule has 1 aromatic heterocycles. The van der Waals surface area contributed by atoms with E-state index in [4.69, 9.17) is 5.26 Å². The Morgan fingerprint density at radius 1 is 1.26 bits per heavy atom. The van der Waals surface area contributed by atoms with E-state index in [0.717, 1.165) is 12.1 Å². The van der Waals surface area contributed by atoms with E-state index < -0.39 is 37.7 Å². The van der Waals surface area contributed by atoms with Crippen LogP contribution in [0, 0.1) is 27.4 Å². The van der Waals surface area contributed by atoms with Gasteiger partial charge in [0, 0.05) is 24.1 Å². The molecule has 34 heavy (non-hydrogen) atoms. The SMILES string of the molecule is CC(C)CCn1c(=O)c(C2=Nc3ccc(C#N)cc3S(=O)(=O)N2)c(O)c2cc([N+](=O)[O-])ccc21. The summed E-state index contributed by atoms with van der Waals surface area (Å²) in [7, 11) is -4.22. The van der Waals surface area contributed by atoms with Crippen LogP contribution in [-0.2, 0) is 16.6 Å². The summed E-state index contributed by atoms with van der Waals surface area (Å²) in [5, 5.41) is 31.4. The van der Waals surface area contributed by atoms with E-state index in [2.05, 4.69) is 9.71 Å². The standard InChI is InChI=1S/C22H19N5O6S/c1-12(2)7-8-26-17-6-4-14(27(30)31)10-15(17)20(28)19(22(26)29)21-24-16-5-3-13(11-23)9-18(16)34(32,33)25-21/h3-6,9-10,12,28H,7-8H2,1-2H3,(H,24,25). The van der Waals surface area contributed by atoms with Gasteiger partial charge in [-0.2, -0.15) is 5.26 Å². The molecule has 3 aromatic rings. The van der Waals surface area contributed by atoms with E-state index in [1.807, 2.05) is 19.9 Å². The topological polar surface area (TPSA) is 168 Å². The summed E-state index contributed by atoms with van der Waals surface area (Å²) in [6, 6.07) is 9.45. The number of aliphatic imine (C=N–C) groups is 1. The van der Waals surface area contributed by atoms with E-state index in [-0.39, 0.29) is 45.2 Å². The fraction of sp³-hybridized carbons (Fsp3) is 0.227. The van der Waals surface area contributed by atoms with Crippen LogP contribution >= 0.6 is 0 Å². The van der Waals surface area contributed by atoms with Crippen LogP contribution in [0.25, 0.3) is 10.9 Å². The minimum absolute atomic E-state index is 0.0140. The lowest BCUT2D eigenvalue weighted by Gasteiger charge is -2.21. The molecule has 0 atom stereocenters. The Balaban J connectivity index is 2.03. The van der Waals surface area contributed by atoms with E-state index in [0.29, 0.717) is 6.42 Å². The van der Waals surface area contributed by atoms with Gasteiger partial charge in [-0.1, -0.05) is 13.8 Å². The van der Waals surface area contributed by atoms with Crippen LogP contribution in [0.4, 0.5) is 11.4 Å². The number of nitrogens with zero attached hydrogens (tertiary/aromatic N) is 4. The van der Waals surface area contributed by atoms with Gasteiger partial charge < -0.3 is 9.67 Å². The Kier molecular flexibility index (Phi) is 5.58. The van der Waals surface area contributed by atoms with Gasteiger partial charge in [-0.05, 0) is 36.6 Å². The zero-order valence-electron chi connectivity index (χ0n) is 18.1. The third-order valence-corrected chi connectivity index (χ3v) is 6.81. The molecule has 0 bridgehead atoms. The van der Waals surface area contributed by atoms with Crippen molar-refractivity contribution in [2.75, 3.05) is 0 Å². The van der Waals surface area contributed by atoms with Gasteiger partial charge in [-0.15, -0.1) is 0 Å². The lowest BCUT2D eigenvalue weighted by molar-refractivity contribution is -0.384. The van der Waals surface area contributed by atoms with E-state index in [1.165, 1.54) is 28.8 Å². The lowest BCUT2D eigenvalue weighted by atomic mass is 10.1. The van der Waals surface area contributed by atoms with Crippen LogP contribution < -0.4 is 10.3 Å². The van der Waals surface area contributed by atoms with Crippen LogP contribution in [0.5, 0.6) is 5.75 Å². The summed E-state index contributed by atoms with van der Waals surface area (Å²) in [4.78, 5) is 28.1. The molecule has 11 nitrogen and oxygen atoms in total. The van der Waals surface area contributed by atoms with Crippen molar-refractivity contribution in [1.82, 2.24) is 9.29 Å². The first kappa shape index (κ1) is 22.9. The summed E-state index contributed by atoms with van der Waals surface area (Å²) in [5.41, 5.74) is -1.05. The second-order valence-corrected chi connectivity index (χ2v) is 9.83. The number of hydrogen-bond acceptors (Lipinski definition) is 8. The molecule has 2 heterocycles. The maximum Gasteiger partial charge on any atom is 0.270 e. The number of benzene rings is 2. The van der Waals surface area contributed by atoms with Crippen molar-refractivity contribution in [2.24, 2.45) is 10.9 Å². The van der Waals surface area contributed by atoms with Gasteiger partial charge in [0.2, 0.25) is 0 Å². The maximum atomic E-state index is 13.5. The summed E-state index contributed by atoms with van der Waals surface area (Å²) >= 11 is 0. The predicted molar refractivity (Wildman–Crippen MR) is 124 cm³/mol. The predicted octanol–water partition coefficient (Wildman–Crippen LogP) is 2.90. The molecule has 174 valence electrons. The lowest BCUT2D eigenvalue weighted by Crippen LogP contribution is -2.39. The zero-order chi connectivity index (χ0) is 24.8. The van der Waals surface area contributed by atoms with Crippen LogP contribution in [0.1, 0.15) is 31.4 Å². The minimum Gasteiger partial charge on any atom is -0.506 e. The second-order valence-electron chi connectivity index (χ2n) is 8.18. The van der Waals surface area contributed by atoms with Crippen LogP contribution in [0.2, 0.25) is 0 Å². The highest BCUT2D eigenvalue weighted by molar-refractivity contribution is 7.90. The van der Waals surface area contributed by atoms with Crippen LogP contribution in [0.3, 0.4) is 0 Å². The van der Waals surface area contributed by atoms with Gasteiger partial charge in [0.1, 0.15) is 16.2 Å². The number of hydrogen-bond donors (Lipinski definition) is 2. The molecule has 0 spiro atoms. The average Bonchev–Trinajstić information content (AvgIpc) is 2.78. The number of nitrogens with one attached hydrogen (secondary N) is 1. The maximum absolute atomic E-state index is 13.5. The van der Waals surface area contributed by atoms with Crippen molar-refractivity contribution in [2.45, 2.75) is 31.7 Å². The summed E-state index contributed by atoms with van der Waals surface area (Å²) in [6.45, 7) is 4.16. The third-order valence-electron chi connectivity index (χ3n) is 5.44. The number of pyridine rings is 1. The second kappa shape index (κ2) is 8.27. The van der Waals surface area contributed by atoms with Gasteiger partial charge in [-0.3, -0.25) is 19.6 Å². The molecule has 1 aliphatic heterocycles. The third kappa shape index (κ3) is 3.86. The van der Waals surface area contributed by atoms with Crippen LogP contribution in [-0.4, -0.2) is 28.9 Å². The highest BCUT2D eigenvalue weighted by Crippen LogP contribution is 2.34. The number of amidine groups is 1. The van der Waals surface area contributed by atoms with E-state index in [9.17, 15) is 28.4 Å². The number of sulfonamides is 1. The molecule has 12 heteroatoms. The molecule has 0 fully saturated rings. The highest BCUT2D eigenvalue weighted by atomic mass is 32.2. The van der Waals surface area contributed by atoms with Crippen molar-refractivity contribution in [1.29, 1.82) is 5.26 Å². The van der Waals surface area contributed by atoms with Crippen molar-refractivity contribution >= 4 is 38.1 Å². The number of nitro benzene ring substituents is 1. The first-order valence-electron chi connectivity index (χ1n) is 10.2. The summed E-state index contributed by atoms with van der Waals surface area (Å²) in [6.07, 6.45) is 0.591. The minimum atomic E-state index is -4.22. The van der Waals surface area contributed by atoms with Gasteiger partial charge in [0.25, 0.3) is 21.3 Å². The molecule has 4 rings (SSSR count). The fourth-order valence-corrected chi connectivity index (χ4v) is 4.87. The Morgan fingerprint density at radius 3 is 2.65 bits per heavy atom. The number of aromatic hydroxyl groups is 1. The molecule has 2 N–H and O–H groups in total. The highest BCUT2D eigenvalue weighted by Gasteiger charge is 2.31.